The predicted octanol–water partition coefficient (Wildman–Crippen LogP) is 3.19. The molecule has 1 aliphatic rings. The first-order chi connectivity index (χ1) is 12.2. The Morgan fingerprint density at radius 2 is 1.81 bits per heavy atom. The van der Waals surface area contributed by atoms with Crippen molar-refractivity contribution in [2.75, 3.05) is 39.2 Å². The molecule has 3 N–H and O–H groups in total. The molecular weight excluding hydrogens is 328 g/mol. The number of nitrogens with one attached hydrogen (secondary N) is 1. The van der Waals surface area contributed by atoms with Crippen molar-refractivity contribution in [3.05, 3.63) is 18.2 Å². The van der Waals surface area contributed by atoms with Gasteiger partial charge in [-0.25, -0.2) is 0 Å². The van der Waals surface area contributed by atoms with Gasteiger partial charge in [-0.2, -0.15) is 0 Å². The van der Waals surface area contributed by atoms with Gasteiger partial charge in [0.2, 0.25) is 0 Å². The summed E-state index contributed by atoms with van der Waals surface area (Å²) in [5, 5.41) is 3.13. The van der Waals surface area contributed by atoms with Gasteiger partial charge in [-0.05, 0) is 44.2 Å². The molecule has 1 heterocycles. The van der Waals surface area contributed by atoms with Crippen LogP contribution in [0.15, 0.2) is 23.2 Å². The molecule has 0 amide bonds. The van der Waals surface area contributed by atoms with Crippen molar-refractivity contribution in [2.24, 2.45) is 22.6 Å². The largest absolute Gasteiger partial charge is 0.493 e. The monoisotopic (exact) mass is 362 g/mol. The molecule has 1 saturated heterocycles. The number of anilines is 1. The number of ether oxygens (including phenoxy) is 2. The van der Waals surface area contributed by atoms with Crippen LogP contribution in [0, 0.1) is 11.8 Å². The molecule has 26 heavy (non-hydrogen) atoms. The van der Waals surface area contributed by atoms with Crippen LogP contribution in [0.25, 0.3) is 0 Å². The minimum absolute atomic E-state index is 0.0210. The third kappa shape index (κ3) is 5.27. The number of benzene rings is 1. The molecule has 0 aromatic heterocycles. The molecule has 6 heteroatoms. The van der Waals surface area contributed by atoms with Crippen LogP contribution in [0.1, 0.15) is 34.1 Å². The molecule has 2 rings (SSSR count). The molecule has 2 atom stereocenters. The van der Waals surface area contributed by atoms with E-state index in [4.69, 9.17) is 15.2 Å². The van der Waals surface area contributed by atoms with E-state index < -0.39 is 0 Å². The Kier molecular flexibility index (Phi) is 6.75. The highest BCUT2D eigenvalue weighted by Gasteiger charge is 2.32. The van der Waals surface area contributed by atoms with Crippen LogP contribution in [0.5, 0.6) is 11.5 Å². The van der Waals surface area contributed by atoms with E-state index in [1.807, 2.05) is 18.2 Å². The van der Waals surface area contributed by atoms with E-state index >= 15 is 0 Å². The molecular formula is C20H34N4O2. The topological polar surface area (TPSA) is 72.1 Å². The Morgan fingerprint density at radius 3 is 2.38 bits per heavy atom. The molecule has 6 nitrogen and oxygen atoms in total. The van der Waals surface area contributed by atoms with Gasteiger partial charge in [-0.3, -0.25) is 9.89 Å². The van der Waals surface area contributed by atoms with Crippen LogP contribution in [0.2, 0.25) is 0 Å². The first-order valence-corrected chi connectivity index (χ1v) is 9.29. The third-order valence-electron chi connectivity index (χ3n) is 5.02. The molecule has 1 fully saturated rings. The van der Waals surface area contributed by atoms with Crippen molar-refractivity contribution in [1.82, 2.24) is 4.90 Å². The van der Waals surface area contributed by atoms with Gasteiger partial charge in [-0.1, -0.05) is 13.8 Å². The first kappa shape index (κ1) is 20.4. The summed E-state index contributed by atoms with van der Waals surface area (Å²) in [4.78, 5) is 7.12. The van der Waals surface area contributed by atoms with E-state index in [0.717, 1.165) is 30.6 Å². The van der Waals surface area contributed by atoms with E-state index in [2.05, 4.69) is 42.9 Å². The van der Waals surface area contributed by atoms with E-state index in [-0.39, 0.29) is 5.54 Å². The smallest absolute Gasteiger partial charge is 0.193 e. The van der Waals surface area contributed by atoms with Crippen LogP contribution in [-0.2, 0) is 0 Å². The molecule has 0 bridgehead atoms. The van der Waals surface area contributed by atoms with E-state index in [1.165, 1.54) is 6.42 Å². The maximum Gasteiger partial charge on any atom is 0.193 e. The zero-order valence-electron chi connectivity index (χ0n) is 17.0. The van der Waals surface area contributed by atoms with Gasteiger partial charge < -0.3 is 20.5 Å². The molecule has 0 spiro atoms. The second-order valence-electron chi connectivity index (χ2n) is 8.06. The number of guanidine groups is 1. The Balaban J connectivity index is 2.00. The van der Waals surface area contributed by atoms with Crippen molar-refractivity contribution in [3.63, 3.8) is 0 Å². The van der Waals surface area contributed by atoms with Gasteiger partial charge in [-0.15, -0.1) is 0 Å². The van der Waals surface area contributed by atoms with Gasteiger partial charge in [0, 0.05) is 30.4 Å². The second-order valence-corrected chi connectivity index (χ2v) is 8.06. The molecule has 0 radical (unpaired) electrons. The van der Waals surface area contributed by atoms with Gasteiger partial charge in [0.15, 0.2) is 17.5 Å². The van der Waals surface area contributed by atoms with Crippen molar-refractivity contribution in [2.45, 2.75) is 39.7 Å². The molecule has 1 aromatic carbocycles. The van der Waals surface area contributed by atoms with Crippen molar-refractivity contribution in [1.29, 1.82) is 0 Å². The highest BCUT2D eigenvalue weighted by molar-refractivity contribution is 5.92. The summed E-state index contributed by atoms with van der Waals surface area (Å²) in [7, 11) is 3.23. The summed E-state index contributed by atoms with van der Waals surface area (Å²) in [6, 6.07) is 5.58. The Bertz CT molecular complexity index is 620. The number of piperidine rings is 1. The normalized spacial score (nSPS) is 22.2. The number of methoxy groups -OCH3 is 2. The molecule has 2 unspecified atom stereocenters. The fraction of sp³-hybridized carbons (Fsp3) is 0.650. The van der Waals surface area contributed by atoms with Crippen LogP contribution >= 0.6 is 0 Å². The average Bonchev–Trinajstić information content (AvgIpc) is 2.59. The van der Waals surface area contributed by atoms with Gasteiger partial charge in [0.25, 0.3) is 0 Å². The fourth-order valence-corrected chi connectivity index (χ4v) is 3.64. The van der Waals surface area contributed by atoms with Gasteiger partial charge in [0.1, 0.15) is 0 Å². The summed E-state index contributed by atoms with van der Waals surface area (Å²) in [6.45, 7) is 12.0. The molecule has 0 saturated carbocycles. The maximum absolute atomic E-state index is 6.11. The molecule has 146 valence electrons. The van der Waals surface area contributed by atoms with E-state index in [1.54, 1.807) is 14.2 Å². The minimum Gasteiger partial charge on any atom is -0.493 e. The average molecular weight is 363 g/mol. The number of rotatable bonds is 6. The number of likely N-dealkylation sites (tertiary alicyclic amines) is 1. The lowest BCUT2D eigenvalue weighted by Gasteiger charge is -2.44. The predicted molar refractivity (Wildman–Crippen MR) is 108 cm³/mol. The highest BCUT2D eigenvalue weighted by atomic mass is 16.5. The Labute approximate surface area is 157 Å². The van der Waals surface area contributed by atoms with Crippen molar-refractivity contribution in [3.8, 4) is 11.5 Å². The number of aliphatic imine (C=N–C) groups is 1. The fourth-order valence-electron chi connectivity index (χ4n) is 3.64. The number of hydrogen-bond donors (Lipinski definition) is 2. The van der Waals surface area contributed by atoms with Crippen LogP contribution in [0.4, 0.5) is 5.69 Å². The number of hydrogen-bond acceptors (Lipinski definition) is 4. The molecule has 1 aliphatic heterocycles. The highest BCUT2D eigenvalue weighted by Crippen LogP contribution is 2.30. The Hall–Kier alpha value is -1.95. The Morgan fingerprint density at radius 1 is 1.19 bits per heavy atom. The summed E-state index contributed by atoms with van der Waals surface area (Å²) in [5.41, 5.74) is 6.91. The molecule has 1 aromatic rings. The van der Waals surface area contributed by atoms with Crippen LogP contribution < -0.4 is 20.5 Å². The lowest BCUT2D eigenvalue weighted by molar-refractivity contribution is 0.0513. The first-order valence-electron chi connectivity index (χ1n) is 9.29. The van der Waals surface area contributed by atoms with E-state index in [9.17, 15) is 0 Å². The summed E-state index contributed by atoms with van der Waals surface area (Å²) < 4.78 is 10.6. The van der Waals surface area contributed by atoms with E-state index in [0.29, 0.717) is 24.0 Å². The number of nitrogens with zero attached hydrogens (tertiary/aromatic N) is 2. The lowest BCUT2D eigenvalue weighted by atomic mass is 9.88. The standard InChI is InChI=1S/C20H34N4O2/c1-14-9-15(2)12-24(11-14)20(3,4)13-22-19(21)23-16-7-8-17(25-5)18(10-16)26-6/h7-8,10,14-15H,9,11-13H2,1-6H3,(H3,21,22,23). The SMILES string of the molecule is COc1ccc(NC(N)=NCC(C)(C)N2CC(C)CC(C)C2)cc1OC. The molecule has 0 aliphatic carbocycles. The van der Waals surface area contributed by atoms with Crippen LogP contribution in [0.3, 0.4) is 0 Å². The quantitative estimate of drug-likeness (QED) is 0.601. The summed E-state index contributed by atoms with van der Waals surface area (Å²) in [6.07, 6.45) is 1.30. The zero-order valence-corrected chi connectivity index (χ0v) is 17.0. The lowest BCUT2D eigenvalue weighted by Crippen LogP contribution is -2.52. The van der Waals surface area contributed by atoms with Crippen molar-refractivity contribution < 1.29 is 9.47 Å². The third-order valence-corrected chi connectivity index (χ3v) is 5.02. The van der Waals surface area contributed by atoms with Gasteiger partial charge >= 0.3 is 0 Å². The second kappa shape index (κ2) is 8.62. The van der Waals surface area contributed by atoms with Crippen LogP contribution in [-0.4, -0.2) is 50.3 Å². The number of nitrogens with two attached hydrogens (primary N) is 1. The summed E-state index contributed by atoms with van der Waals surface area (Å²) in [5.74, 6) is 3.20. The van der Waals surface area contributed by atoms with Gasteiger partial charge in [0.05, 0.1) is 20.8 Å². The zero-order chi connectivity index (χ0) is 19.3. The maximum atomic E-state index is 6.11. The summed E-state index contributed by atoms with van der Waals surface area (Å²) >= 11 is 0. The van der Waals surface area contributed by atoms with Crippen molar-refractivity contribution >= 4 is 11.6 Å². The minimum atomic E-state index is -0.0210.